The van der Waals surface area contributed by atoms with E-state index in [-0.39, 0.29) is 47.8 Å². The predicted octanol–water partition coefficient (Wildman–Crippen LogP) is 6.57. The number of Topliss-reactive ketones (excluding diaryl/α,β-unsaturated/α-hetero) is 2. The number of ether oxygens (including phenoxy) is 1. The third kappa shape index (κ3) is 5.47. The Labute approximate surface area is 234 Å². The number of halogens is 1. The normalized spacial score (nSPS) is 20.4. The lowest BCUT2D eigenvalue weighted by atomic mass is 9.63. The molecule has 0 unspecified atom stereocenters. The van der Waals surface area contributed by atoms with E-state index >= 15 is 0 Å². The molecule has 1 aliphatic heterocycles. The molecule has 6 nitrogen and oxygen atoms in total. The van der Waals surface area contributed by atoms with Gasteiger partial charge in [-0.05, 0) is 47.4 Å². The number of carboxylic acid groups (broad SMARTS) is 1. The number of carbonyl (C=O) groups is 3. The van der Waals surface area contributed by atoms with E-state index in [1.807, 2.05) is 23.1 Å². The summed E-state index contributed by atoms with van der Waals surface area (Å²) in [5.41, 5.74) is 3.45. The molecule has 210 valence electrons. The third-order valence-corrected chi connectivity index (χ3v) is 8.11. The molecule has 7 heteroatoms. The van der Waals surface area contributed by atoms with E-state index in [0.29, 0.717) is 48.1 Å². The summed E-state index contributed by atoms with van der Waals surface area (Å²) in [4.78, 5) is 41.3. The van der Waals surface area contributed by atoms with Crippen LogP contribution in [0.2, 0.25) is 0 Å². The Morgan fingerprint density at radius 1 is 0.925 bits per heavy atom. The lowest BCUT2D eigenvalue weighted by Crippen LogP contribution is -2.45. The summed E-state index contributed by atoms with van der Waals surface area (Å²) < 4.78 is 20.2. The number of hydrogen-bond acceptors (Lipinski definition) is 5. The average Bonchev–Trinajstić information content (AvgIpc) is 2.85. The van der Waals surface area contributed by atoms with Crippen LogP contribution < -0.4 is 4.74 Å². The van der Waals surface area contributed by atoms with Crippen molar-refractivity contribution in [3.63, 3.8) is 0 Å². The summed E-state index contributed by atoms with van der Waals surface area (Å²) in [5, 5.41) is 9.53. The van der Waals surface area contributed by atoms with Gasteiger partial charge in [0.15, 0.2) is 11.6 Å². The maximum atomic E-state index is 14.2. The van der Waals surface area contributed by atoms with Crippen molar-refractivity contribution < 1.29 is 28.6 Å². The number of allylic oxidation sites excluding steroid dienone is 4. The van der Waals surface area contributed by atoms with Crippen LogP contribution in [0.4, 0.5) is 4.39 Å². The van der Waals surface area contributed by atoms with Gasteiger partial charge in [0.05, 0.1) is 6.42 Å². The first-order valence-electron chi connectivity index (χ1n) is 13.8. The van der Waals surface area contributed by atoms with Gasteiger partial charge in [0.25, 0.3) is 0 Å². The lowest BCUT2D eigenvalue weighted by Gasteiger charge is -2.49. The fourth-order valence-electron chi connectivity index (χ4n) is 6.42. The zero-order valence-electron chi connectivity index (χ0n) is 23.6. The first kappa shape index (κ1) is 27.8. The van der Waals surface area contributed by atoms with E-state index in [0.717, 1.165) is 17.0 Å². The number of nitrogens with zero attached hydrogens (tertiary/aromatic N) is 1. The van der Waals surface area contributed by atoms with Gasteiger partial charge in [-0.2, -0.15) is 0 Å². The molecule has 40 heavy (non-hydrogen) atoms. The number of aliphatic carboxylic acids is 1. The second-order valence-corrected chi connectivity index (χ2v) is 12.8. The number of hydrogen-bond donors (Lipinski definition) is 1. The highest BCUT2D eigenvalue weighted by molar-refractivity contribution is 6.06. The van der Waals surface area contributed by atoms with Crippen LogP contribution in [0.15, 0.2) is 71.1 Å². The molecule has 0 saturated carbocycles. The van der Waals surface area contributed by atoms with Crippen LogP contribution in [-0.4, -0.2) is 34.1 Å². The van der Waals surface area contributed by atoms with Crippen LogP contribution in [0.5, 0.6) is 5.75 Å². The van der Waals surface area contributed by atoms with E-state index in [1.165, 1.54) is 6.07 Å². The van der Waals surface area contributed by atoms with Crippen molar-refractivity contribution in [2.24, 2.45) is 10.8 Å². The highest BCUT2D eigenvalue weighted by atomic mass is 19.1. The number of rotatable bonds is 7. The molecule has 0 atom stereocenters. The van der Waals surface area contributed by atoms with Gasteiger partial charge in [0.1, 0.15) is 18.2 Å². The Kier molecular flexibility index (Phi) is 7.19. The maximum Gasteiger partial charge on any atom is 0.305 e. The maximum absolute atomic E-state index is 14.2. The largest absolute Gasteiger partial charge is 0.489 e. The number of carbonyl (C=O) groups excluding carboxylic acids is 2. The molecule has 0 saturated heterocycles. The van der Waals surface area contributed by atoms with Gasteiger partial charge in [0.2, 0.25) is 0 Å². The van der Waals surface area contributed by atoms with Gasteiger partial charge in [-0.15, -0.1) is 0 Å². The Balaban J connectivity index is 1.62. The molecule has 2 aliphatic carbocycles. The quantitative estimate of drug-likeness (QED) is 0.424. The smallest absolute Gasteiger partial charge is 0.305 e. The standard InChI is InChI=1S/C33H36FNO5/c1-32(2)15-24-30(26(36)17-32)29(20-9-7-10-22(14-20)40-19-21-8-5-6-11-23(21)34)31-25(35(24)13-12-28(38)39)16-33(3,4)18-27(31)37/h5-11,14,29H,12-13,15-19H2,1-4H3,(H,38,39). The third-order valence-electron chi connectivity index (χ3n) is 8.11. The highest BCUT2D eigenvalue weighted by Gasteiger charge is 2.49. The van der Waals surface area contributed by atoms with Crippen molar-refractivity contribution in [1.29, 1.82) is 0 Å². The fraction of sp³-hybridized carbons (Fsp3) is 0.424. The Morgan fingerprint density at radius 3 is 2.10 bits per heavy atom. The van der Waals surface area contributed by atoms with Crippen LogP contribution in [0.1, 0.15) is 76.8 Å². The molecule has 0 bridgehead atoms. The van der Waals surface area contributed by atoms with Crippen molar-refractivity contribution in [3.8, 4) is 5.75 Å². The molecule has 2 aromatic rings. The second kappa shape index (κ2) is 10.3. The molecule has 0 radical (unpaired) electrons. The molecule has 0 aromatic heterocycles. The summed E-state index contributed by atoms with van der Waals surface area (Å²) in [6, 6.07) is 13.8. The molecule has 0 fully saturated rings. The minimum absolute atomic E-state index is 0.0153. The van der Waals surface area contributed by atoms with E-state index in [2.05, 4.69) is 27.7 Å². The highest BCUT2D eigenvalue weighted by Crippen LogP contribution is 2.54. The van der Waals surface area contributed by atoms with Gasteiger partial charge in [-0.1, -0.05) is 58.0 Å². The topological polar surface area (TPSA) is 83.9 Å². The molecule has 1 heterocycles. The summed E-state index contributed by atoms with van der Waals surface area (Å²) in [7, 11) is 0. The van der Waals surface area contributed by atoms with Gasteiger partial charge >= 0.3 is 5.97 Å². The number of benzene rings is 2. The summed E-state index contributed by atoms with van der Waals surface area (Å²) >= 11 is 0. The molecular weight excluding hydrogens is 509 g/mol. The van der Waals surface area contributed by atoms with Crippen LogP contribution in [0, 0.1) is 16.6 Å². The van der Waals surface area contributed by atoms with E-state index in [4.69, 9.17) is 4.74 Å². The predicted molar refractivity (Wildman–Crippen MR) is 149 cm³/mol. The van der Waals surface area contributed by atoms with E-state index in [1.54, 1.807) is 24.3 Å². The minimum atomic E-state index is -0.922. The lowest BCUT2D eigenvalue weighted by molar-refractivity contribution is -0.137. The Hall–Kier alpha value is -3.74. The van der Waals surface area contributed by atoms with Crippen molar-refractivity contribution in [2.75, 3.05) is 6.54 Å². The molecular formula is C33H36FNO5. The Bertz CT molecular complexity index is 1400. The first-order valence-corrected chi connectivity index (χ1v) is 13.8. The van der Waals surface area contributed by atoms with E-state index < -0.39 is 11.9 Å². The number of carboxylic acids is 1. The van der Waals surface area contributed by atoms with Crippen LogP contribution in [0.25, 0.3) is 0 Å². The molecule has 1 N–H and O–H groups in total. The molecule has 5 rings (SSSR count). The van der Waals surface area contributed by atoms with Gasteiger partial charge in [-0.3, -0.25) is 14.4 Å². The molecule has 0 spiro atoms. The zero-order chi connectivity index (χ0) is 28.8. The fourth-order valence-corrected chi connectivity index (χ4v) is 6.42. The SMILES string of the molecule is CC1(C)CC(=O)C2=C(C1)N(CCC(=O)O)C1=C(C(=O)CC(C)(C)C1)C2c1cccc(OCc2ccccc2F)c1. The van der Waals surface area contributed by atoms with Crippen molar-refractivity contribution in [1.82, 2.24) is 4.90 Å². The average molecular weight is 546 g/mol. The van der Waals surface area contributed by atoms with Gasteiger partial charge < -0.3 is 14.7 Å². The summed E-state index contributed by atoms with van der Waals surface area (Å²) in [5.74, 6) is -1.34. The van der Waals surface area contributed by atoms with Gasteiger partial charge in [0, 0.05) is 53.4 Å². The second-order valence-electron chi connectivity index (χ2n) is 12.8. The van der Waals surface area contributed by atoms with Crippen molar-refractivity contribution in [2.45, 2.75) is 72.3 Å². The van der Waals surface area contributed by atoms with E-state index in [9.17, 15) is 23.9 Å². The monoisotopic (exact) mass is 545 g/mol. The van der Waals surface area contributed by atoms with Gasteiger partial charge in [-0.25, -0.2) is 4.39 Å². The number of ketones is 2. The first-order chi connectivity index (χ1) is 18.8. The summed E-state index contributed by atoms with van der Waals surface area (Å²) in [6.45, 7) is 8.46. The summed E-state index contributed by atoms with van der Waals surface area (Å²) in [6.07, 6.45) is 1.82. The Morgan fingerprint density at radius 2 is 1.52 bits per heavy atom. The van der Waals surface area contributed by atoms with Crippen molar-refractivity contribution >= 4 is 17.5 Å². The zero-order valence-corrected chi connectivity index (χ0v) is 23.6. The van der Waals surface area contributed by atoms with Crippen LogP contribution in [-0.2, 0) is 21.0 Å². The van der Waals surface area contributed by atoms with Crippen LogP contribution in [0.3, 0.4) is 0 Å². The minimum Gasteiger partial charge on any atom is -0.489 e. The van der Waals surface area contributed by atoms with Crippen LogP contribution >= 0.6 is 0 Å². The molecule has 3 aliphatic rings. The van der Waals surface area contributed by atoms with Crippen molar-refractivity contribution in [3.05, 3.63) is 88.0 Å². The molecule has 2 aromatic carbocycles. The molecule has 0 amide bonds.